The van der Waals surface area contributed by atoms with Crippen molar-refractivity contribution in [1.29, 1.82) is 0 Å². The molecule has 40 heavy (non-hydrogen) atoms. The van der Waals surface area contributed by atoms with E-state index in [1.807, 2.05) is 48.5 Å². The minimum absolute atomic E-state index is 0.0602. The summed E-state index contributed by atoms with van der Waals surface area (Å²) >= 11 is 0. The molecule has 0 bridgehead atoms. The van der Waals surface area contributed by atoms with Crippen LogP contribution in [-0.4, -0.2) is 74.6 Å². The predicted octanol–water partition coefficient (Wildman–Crippen LogP) is 0.313. The van der Waals surface area contributed by atoms with E-state index in [0.717, 1.165) is 32.9 Å². The second kappa shape index (κ2) is 12.5. The van der Waals surface area contributed by atoms with E-state index in [1.165, 1.54) is 6.92 Å². The average molecular weight is 549 g/mol. The van der Waals surface area contributed by atoms with Gasteiger partial charge in [-0.1, -0.05) is 36.4 Å². The normalized spacial score (nSPS) is 14.3. The number of aliphatic hydroxyl groups is 1. The fraction of sp³-hybridized carbons (Fsp3) is 0.286. The monoisotopic (exact) mass is 548 g/mol. The third kappa shape index (κ3) is 6.65. The Kier molecular flexibility index (Phi) is 8.82. The number of carbonyl (C=O) groups excluding carboxylic acids is 3. The lowest BCUT2D eigenvalue weighted by atomic mass is 10.0. The van der Waals surface area contributed by atoms with Gasteiger partial charge in [0.2, 0.25) is 17.7 Å². The number of carboxylic acid groups (broad SMARTS) is 1. The highest BCUT2D eigenvalue weighted by molar-refractivity contribution is 5.95. The molecule has 3 amide bonds. The molecule has 0 saturated carbocycles. The van der Waals surface area contributed by atoms with Gasteiger partial charge >= 0.3 is 5.97 Å². The number of benzene rings is 2. The molecule has 0 radical (unpaired) electrons. The van der Waals surface area contributed by atoms with Gasteiger partial charge in [-0.3, -0.25) is 19.2 Å². The Labute approximate surface area is 229 Å². The van der Waals surface area contributed by atoms with Crippen LogP contribution in [0.3, 0.4) is 0 Å². The van der Waals surface area contributed by atoms with E-state index in [0.29, 0.717) is 0 Å². The van der Waals surface area contributed by atoms with E-state index in [9.17, 15) is 24.3 Å². The molecule has 12 heteroatoms. The van der Waals surface area contributed by atoms with Crippen LogP contribution in [0.2, 0.25) is 0 Å². The third-order valence-corrected chi connectivity index (χ3v) is 6.66. The van der Waals surface area contributed by atoms with Crippen molar-refractivity contribution in [2.24, 2.45) is 5.73 Å². The number of aromatic amines is 2. The average Bonchev–Trinajstić information content (AvgIpc) is 3.53. The quantitative estimate of drug-likeness (QED) is 0.124. The highest BCUT2D eigenvalue weighted by atomic mass is 16.4. The van der Waals surface area contributed by atoms with Gasteiger partial charge in [0.1, 0.15) is 18.6 Å². The molecule has 210 valence electrons. The minimum atomic E-state index is -1.45. The van der Waals surface area contributed by atoms with Crippen molar-refractivity contribution in [3.63, 3.8) is 0 Å². The van der Waals surface area contributed by atoms with Crippen LogP contribution in [0.25, 0.3) is 21.8 Å². The Hall–Kier alpha value is -4.68. The Balaban J connectivity index is 1.53. The molecule has 2 aromatic heterocycles. The fourth-order valence-electron chi connectivity index (χ4n) is 4.57. The Bertz CT molecular complexity index is 1530. The summed E-state index contributed by atoms with van der Waals surface area (Å²) in [5.74, 6) is -3.47. The number of carboxylic acids is 1. The summed E-state index contributed by atoms with van der Waals surface area (Å²) in [6.07, 6.45) is 2.45. The SMILES string of the molecule is CC(O)C(NC(=O)C(Cc1c[nH]c2ccccc12)NC(=O)C(N)Cc1c[nH]c2ccccc12)C(=O)NCC(=O)O. The lowest BCUT2D eigenvalue weighted by Crippen LogP contribution is -2.59. The van der Waals surface area contributed by atoms with Gasteiger partial charge in [-0.15, -0.1) is 0 Å². The summed E-state index contributed by atoms with van der Waals surface area (Å²) in [5.41, 5.74) is 9.59. The predicted molar refractivity (Wildman–Crippen MR) is 148 cm³/mol. The Morgan fingerprint density at radius 3 is 1.93 bits per heavy atom. The first kappa shape index (κ1) is 28.3. The molecule has 0 saturated heterocycles. The second-order valence-corrected chi connectivity index (χ2v) is 9.63. The van der Waals surface area contributed by atoms with Gasteiger partial charge in [0, 0.05) is 40.6 Å². The van der Waals surface area contributed by atoms with Crippen molar-refractivity contribution in [2.45, 2.75) is 44.0 Å². The molecule has 12 nitrogen and oxygen atoms in total. The molecule has 0 aliphatic carbocycles. The number of nitrogens with one attached hydrogen (secondary N) is 5. The van der Waals surface area contributed by atoms with Gasteiger partial charge in [0.15, 0.2) is 0 Å². The third-order valence-electron chi connectivity index (χ3n) is 6.66. The Morgan fingerprint density at radius 2 is 1.38 bits per heavy atom. The van der Waals surface area contributed by atoms with Crippen LogP contribution in [0, 0.1) is 0 Å². The van der Waals surface area contributed by atoms with Gasteiger partial charge in [-0.05, 0) is 36.6 Å². The minimum Gasteiger partial charge on any atom is -0.480 e. The molecule has 2 heterocycles. The van der Waals surface area contributed by atoms with Crippen molar-refractivity contribution >= 4 is 45.5 Å². The molecule has 0 spiro atoms. The van der Waals surface area contributed by atoms with Gasteiger partial charge in [-0.2, -0.15) is 0 Å². The first-order valence-corrected chi connectivity index (χ1v) is 12.8. The van der Waals surface area contributed by atoms with Crippen LogP contribution in [0.15, 0.2) is 60.9 Å². The molecule has 4 rings (SSSR count). The van der Waals surface area contributed by atoms with Gasteiger partial charge < -0.3 is 41.9 Å². The summed E-state index contributed by atoms with van der Waals surface area (Å²) in [4.78, 5) is 56.3. The zero-order valence-corrected chi connectivity index (χ0v) is 21.8. The molecular formula is C28H32N6O6. The summed E-state index contributed by atoms with van der Waals surface area (Å²) in [6, 6.07) is 11.5. The fourth-order valence-corrected chi connectivity index (χ4v) is 4.57. The molecular weight excluding hydrogens is 516 g/mol. The van der Waals surface area contributed by atoms with E-state index >= 15 is 0 Å². The number of hydrogen-bond donors (Lipinski definition) is 8. The number of para-hydroxylation sites is 2. The number of aliphatic carboxylic acids is 1. The van der Waals surface area contributed by atoms with Crippen LogP contribution in [-0.2, 0) is 32.0 Å². The lowest BCUT2D eigenvalue weighted by Gasteiger charge is -2.25. The van der Waals surface area contributed by atoms with Crippen LogP contribution < -0.4 is 21.7 Å². The zero-order chi connectivity index (χ0) is 28.8. The van der Waals surface area contributed by atoms with Crippen molar-refractivity contribution in [3.05, 3.63) is 72.1 Å². The summed E-state index contributed by atoms with van der Waals surface area (Å²) in [6.45, 7) is 0.603. The van der Waals surface area contributed by atoms with E-state index < -0.39 is 54.5 Å². The first-order valence-electron chi connectivity index (χ1n) is 12.8. The van der Waals surface area contributed by atoms with E-state index in [2.05, 4.69) is 25.9 Å². The Morgan fingerprint density at radius 1 is 0.825 bits per heavy atom. The standard InChI is InChI=1S/C28H32N6O6/c1-15(35)25(28(40)32-14-24(36)37)34-27(39)23(11-17-13-31-22-9-5-3-7-19(17)22)33-26(38)20(29)10-16-12-30-21-8-4-2-6-18(16)21/h2-9,12-13,15,20,23,25,30-31,35H,10-11,14,29H2,1H3,(H,32,40)(H,33,38)(H,34,39)(H,36,37). The zero-order valence-electron chi connectivity index (χ0n) is 21.8. The van der Waals surface area contributed by atoms with Gasteiger partial charge in [0.05, 0.1) is 12.1 Å². The smallest absolute Gasteiger partial charge is 0.322 e. The van der Waals surface area contributed by atoms with Crippen molar-refractivity contribution in [2.75, 3.05) is 6.54 Å². The number of nitrogens with two attached hydrogens (primary N) is 1. The number of amides is 3. The molecule has 2 aromatic carbocycles. The maximum atomic E-state index is 13.4. The van der Waals surface area contributed by atoms with Crippen LogP contribution >= 0.6 is 0 Å². The number of aromatic nitrogens is 2. The van der Waals surface area contributed by atoms with Crippen molar-refractivity contribution < 1.29 is 29.4 Å². The largest absolute Gasteiger partial charge is 0.480 e. The number of hydrogen-bond acceptors (Lipinski definition) is 6. The molecule has 9 N–H and O–H groups in total. The summed E-state index contributed by atoms with van der Waals surface area (Å²) in [5, 5.41) is 28.1. The first-order chi connectivity index (χ1) is 19.1. The molecule has 4 atom stereocenters. The summed E-state index contributed by atoms with van der Waals surface area (Å²) in [7, 11) is 0. The van der Waals surface area contributed by atoms with Crippen LogP contribution in [0.1, 0.15) is 18.1 Å². The van der Waals surface area contributed by atoms with Crippen LogP contribution in [0.5, 0.6) is 0 Å². The maximum Gasteiger partial charge on any atom is 0.322 e. The number of fused-ring (bicyclic) bond motifs is 2. The molecule has 4 unspecified atom stereocenters. The van der Waals surface area contributed by atoms with Gasteiger partial charge in [-0.25, -0.2) is 0 Å². The second-order valence-electron chi connectivity index (χ2n) is 9.63. The lowest BCUT2D eigenvalue weighted by molar-refractivity contribution is -0.139. The number of rotatable bonds is 12. The topological polar surface area (TPSA) is 202 Å². The van der Waals surface area contributed by atoms with Gasteiger partial charge in [0.25, 0.3) is 0 Å². The van der Waals surface area contributed by atoms with E-state index in [4.69, 9.17) is 10.8 Å². The number of aliphatic hydroxyl groups excluding tert-OH is 1. The highest BCUT2D eigenvalue weighted by Crippen LogP contribution is 2.20. The van der Waals surface area contributed by atoms with Crippen molar-refractivity contribution in [1.82, 2.24) is 25.9 Å². The highest BCUT2D eigenvalue weighted by Gasteiger charge is 2.31. The van der Waals surface area contributed by atoms with E-state index in [-0.39, 0.29) is 12.8 Å². The maximum absolute atomic E-state index is 13.4. The molecule has 4 aromatic rings. The van der Waals surface area contributed by atoms with Crippen LogP contribution in [0.4, 0.5) is 0 Å². The molecule has 0 aliphatic heterocycles. The van der Waals surface area contributed by atoms with Crippen molar-refractivity contribution in [3.8, 4) is 0 Å². The summed E-state index contributed by atoms with van der Waals surface area (Å²) < 4.78 is 0. The number of H-pyrrole nitrogens is 2. The molecule has 0 fully saturated rings. The van der Waals surface area contributed by atoms with E-state index in [1.54, 1.807) is 12.4 Å². The number of carbonyl (C=O) groups is 4. The molecule has 0 aliphatic rings.